The number of ether oxygens (including phenoxy) is 3. The molecule has 0 saturated heterocycles. The van der Waals surface area contributed by atoms with E-state index in [1.807, 2.05) is 30.3 Å². The third-order valence-electron chi connectivity index (χ3n) is 4.45. The molecule has 3 rings (SSSR count). The van der Waals surface area contributed by atoms with Crippen molar-refractivity contribution in [3.05, 3.63) is 64.2 Å². The summed E-state index contributed by atoms with van der Waals surface area (Å²) < 4.78 is 16.2. The Morgan fingerprint density at radius 1 is 1.29 bits per heavy atom. The first-order valence-electron chi connectivity index (χ1n) is 7.89. The van der Waals surface area contributed by atoms with E-state index in [1.54, 1.807) is 0 Å². The molecule has 2 atom stereocenters. The molecule has 0 radical (unpaired) electrons. The standard InChI is InChI=1S/C18H19NO5/c1-22-17(20)15-11-24-18(23-10-12-5-3-2-4-6-12)16-13(9-19-21)7-8-14(15)16/h2-6,11,13-14H,7-10H2,1H3. The molecule has 1 heterocycles. The van der Waals surface area contributed by atoms with Gasteiger partial charge in [-0.05, 0) is 18.4 Å². The van der Waals surface area contributed by atoms with Crippen LogP contribution < -0.4 is 0 Å². The monoisotopic (exact) mass is 329 g/mol. The van der Waals surface area contributed by atoms with Gasteiger partial charge in [-0.3, -0.25) is 0 Å². The van der Waals surface area contributed by atoms with Gasteiger partial charge >= 0.3 is 5.97 Å². The first kappa shape index (κ1) is 16.2. The van der Waals surface area contributed by atoms with Gasteiger partial charge in [-0.15, -0.1) is 0 Å². The maximum absolute atomic E-state index is 11.9. The van der Waals surface area contributed by atoms with Gasteiger partial charge < -0.3 is 14.2 Å². The quantitative estimate of drug-likeness (QED) is 0.591. The Labute approximate surface area is 140 Å². The highest BCUT2D eigenvalue weighted by Crippen LogP contribution is 2.46. The molecule has 126 valence electrons. The lowest BCUT2D eigenvalue weighted by molar-refractivity contribution is -0.137. The van der Waals surface area contributed by atoms with Crippen LogP contribution in [0.4, 0.5) is 0 Å². The fourth-order valence-corrected chi connectivity index (χ4v) is 3.29. The zero-order valence-electron chi connectivity index (χ0n) is 13.4. The van der Waals surface area contributed by atoms with E-state index in [4.69, 9.17) is 14.2 Å². The Balaban J connectivity index is 1.83. The summed E-state index contributed by atoms with van der Waals surface area (Å²) in [5, 5.41) is 3.02. The number of esters is 1. The first-order valence-corrected chi connectivity index (χ1v) is 7.89. The predicted octanol–water partition coefficient (Wildman–Crippen LogP) is 3.29. The number of carbonyl (C=O) groups is 1. The molecule has 0 amide bonds. The van der Waals surface area contributed by atoms with E-state index in [2.05, 4.69) is 5.18 Å². The van der Waals surface area contributed by atoms with Gasteiger partial charge in [0, 0.05) is 17.4 Å². The van der Waals surface area contributed by atoms with Crippen molar-refractivity contribution in [3.8, 4) is 0 Å². The van der Waals surface area contributed by atoms with Crippen molar-refractivity contribution in [2.45, 2.75) is 19.4 Å². The molecule has 1 aliphatic heterocycles. The summed E-state index contributed by atoms with van der Waals surface area (Å²) in [6.07, 6.45) is 2.91. The van der Waals surface area contributed by atoms with Crippen LogP contribution in [0.1, 0.15) is 18.4 Å². The number of hydrogen-bond acceptors (Lipinski definition) is 6. The van der Waals surface area contributed by atoms with E-state index < -0.39 is 5.97 Å². The van der Waals surface area contributed by atoms with Crippen molar-refractivity contribution in [3.63, 3.8) is 0 Å². The SMILES string of the molecule is COC(=O)C1=COC(OCc2ccccc2)=C2C(CN=O)CCC12. The molecule has 2 unspecified atom stereocenters. The minimum Gasteiger partial charge on any atom is -0.466 e. The molecule has 0 spiro atoms. The Hall–Kier alpha value is -2.63. The van der Waals surface area contributed by atoms with Crippen molar-refractivity contribution in [1.29, 1.82) is 0 Å². The van der Waals surface area contributed by atoms with Crippen LogP contribution in [0.2, 0.25) is 0 Å². The molecule has 1 aliphatic carbocycles. The van der Waals surface area contributed by atoms with Gasteiger partial charge in [-0.1, -0.05) is 35.5 Å². The van der Waals surface area contributed by atoms with Gasteiger partial charge in [0.25, 0.3) is 5.95 Å². The molecule has 1 aromatic carbocycles. The molecule has 24 heavy (non-hydrogen) atoms. The third kappa shape index (κ3) is 3.18. The Bertz CT molecular complexity index is 680. The van der Waals surface area contributed by atoms with Crippen LogP contribution in [0.25, 0.3) is 0 Å². The molecule has 6 heteroatoms. The zero-order valence-corrected chi connectivity index (χ0v) is 13.4. The van der Waals surface area contributed by atoms with Crippen molar-refractivity contribution in [1.82, 2.24) is 0 Å². The smallest absolute Gasteiger partial charge is 0.337 e. The van der Waals surface area contributed by atoms with E-state index in [9.17, 15) is 9.70 Å². The number of rotatable bonds is 6. The topological polar surface area (TPSA) is 74.2 Å². The predicted molar refractivity (Wildman–Crippen MR) is 86.3 cm³/mol. The van der Waals surface area contributed by atoms with Gasteiger partial charge in [-0.2, -0.15) is 4.91 Å². The number of hydrogen-bond donors (Lipinski definition) is 0. The molecule has 1 fully saturated rings. The summed E-state index contributed by atoms with van der Waals surface area (Å²) in [4.78, 5) is 22.7. The van der Waals surface area contributed by atoms with Gasteiger partial charge in [0.15, 0.2) is 0 Å². The molecule has 1 aromatic rings. The van der Waals surface area contributed by atoms with Crippen LogP contribution in [0.15, 0.2) is 58.9 Å². The summed E-state index contributed by atoms with van der Waals surface area (Å²) in [6.45, 7) is 0.511. The van der Waals surface area contributed by atoms with Gasteiger partial charge in [-0.25, -0.2) is 4.79 Å². The maximum Gasteiger partial charge on any atom is 0.337 e. The van der Waals surface area contributed by atoms with Crippen molar-refractivity contribution < 1.29 is 19.0 Å². The summed E-state index contributed by atoms with van der Waals surface area (Å²) in [6, 6.07) is 9.73. The summed E-state index contributed by atoms with van der Waals surface area (Å²) in [7, 11) is 1.34. The Kier molecular flexibility index (Phi) is 4.93. The molecule has 2 aliphatic rings. The van der Waals surface area contributed by atoms with E-state index in [0.717, 1.165) is 24.0 Å². The second-order valence-corrected chi connectivity index (χ2v) is 5.84. The largest absolute Gasteiger partial charge is 0.466 e. The molecular formula is C18H19NO5. The lowest BCUT2D eigenvalue weighted by Crippen LogP contribution is -2.22. The molecule has 0 N–H and O–H groups in total. The number of benzene rings is 1. The minimum absolute atomic E-state index is 0.0633. The van der Waals surface area contributed by atoms with E-state index in [-0.39, 0.29) is 18.4 Å². The van der Waals surface area contributed by atoms with Crippen molar-refractivity contribution in [2.75, 3.05) is 13.7 Å². The van der Waals surface area contributed by atoms with E-state index >= 15 is 0 Å². The average Bonchev–Trinajstić information content (AvgIpc) is 3.04. The van der Waals surface area contributed by atoms with Crippen LogP contribution in [0.5, 0.6) is 0 Å². The lowest BCUT2D eigenvalue weighted by Gasteiger charge is -2.25. The van der Waals surface area contributed by atoms with Crippen molar-refractivity contribution >= 4 is 5.97 Å². The number of nitroso groups, excluding NO2 is 1. The maximum atomic E-state index is 11.9. The number of carbonyl (C=O) groups excluding carboxylic acids is 1. The van der Waals surface area contributed by atoms with Crippen LogP contribution in [0, 0.1) is 16.7 Å². The lowest BCUT2D eigenvalue weighted by atomic mass is 9.90. The van der Waals surface area contributed by atoms with Crippen LogP contribution in [0.3, 0.4) is 0 Å². The summed E-state index contributed by atoms with van der Waals surface area (Å²) in [5.74, 6) is -0.239. The summed E-state index contributed by atoms with van der Waals surface area (Å²) >= 11 is 0. The Morgan fingerprint density at radius 2 is 2.08 bits per heavy atom. The molecule has 0 bridgehead atoms. The number of fused-ring (bicyclic) bond motifs is 1. The molecular weight excluding hydrogens is 310 g/mol. The second kappa shape index (κ2) is 7.29. The van der Waals surface area contributed by atoms with Crippen LogP contribution >= 0.6 is 0 Å². The Morgan fingerprint density at radius 3 is 2.79 bits per heavy atom. The summed E-state index contributed by atoms with van der Waals surface area (Å²) in [5.41, 5.74) is 2.32. The van der Waals surface area contributed by atoms with Gasteiger partial charge in [0.1, 0.15) is 12.9 Å². The highest BCUT2D eigenvalue weighted by atomic mass is 16.7. The number of methoxy groups -OCH3 is 1. The highest BCUT2D eigenvalue weighted by Gasteiger charge is 2.42. The second-order valence-electron chi connectivity index (χ2n) is 5.84. The van der Waals surface area contributed by atoms with E-state index in [1.165, 1.54) is 13.4 Å². The van der Waals surface area contributed by atoms with Crippen molar-refractivity contribution in [2.24, 2.45) is 17.0 Å². The molecule has 1 saturated carbocycles. The fourth-order valence-electron chi connectivity index (χ4n) is 3.29. The van der Waals surface area contributed by atoms with E-state index in [0.29, 0.717) is 18.1 Å². The van der Waals surface area contributed by atoms with Gasteiger partial charge in [0.05, 0.1) is 19.2 Å². The normalized spacial score (nSPS) is 22.3. The minimum atomic E-state index is -0.417. The fraction of sp³-hybridized carbons (Fsp3) is 0.389. The first-order chi connectivity index (χ1) is 11.7. The third-order valence-corrected chi connectivity index (χ3v) is 4.45. The zero-order chi connectivity index (χ0) is 16.9. The highest BCUT2D eigenvalue weighted by molar-refractivity contribution is 5.89. The average molecular weight is 329 g/mol. The van der Waals surface area contributed by atoms with Gasteiger partial charge in [0.2, 0.25) is 0 Å². The molecule has 6 nitrogen and oxygen atoms in total. The number of nitrogens with zero attached hydrogens (tertiary/aromatic N) is 1. The molecule has 0 aromatic heterocycles. The van der Waals surface area contributed by atoms with Crippen LogP contribution in [-0.4, -0.2) is 19.6 Å². The van der Waals surface area contributed by atoms with Crippen LogP contribution in [-0.2, 0) is 25.6 Å².